The van der Waals surface area contributed by atoms with Gasteiger partial charge < -0.3 is 10.1 Å². The molecule has 0 spiro atoms. The molecular weight excluding hydrogens is 248 g/mol. The first-order valence-electron chi connectivity index (χ1n) is 6.92. The molecule has 1 aromatic rings. The van der Waals surface area contributed by atoms with Gasteiger partial charge in [-0.25, -0.2) is 8.78 Å². The minimum Gasteiger partial charge on any atom is -0.489 e. The molecule has 1 aromatic carbocycles. The molecular formula is C15H21F2NO. The number of ether oxygens (including phenoxy) is 1. The molecule has 2 nitrogen and oxygen atoms in total. The lowest BCUT2D eigenvalue weighted by Gasteiger charge is -2.35. The van der Waals surface area contributed by atoms with Gasteiger partial charge in [0, 0.05) is 24.2 Å². The van der Waals surface area contributed by atoms with E-state index < -0.39 is 11.6 Å². The summed E-state index contributed by atoms with van der Waals surface area (Å²) in [5, 5.41) is 3.24. The van der Waals surface area contributed by atoms with Crippen molar-refractivity contribution in [3.8, 4) is 5.75 Å². The number of benzene rings is 1. The van der Waals surface area contributed by atoms with E-state index in [1.54, 1.807) is 0 Å². The standard InChI is InChI=1S/C15H21F2NO/c1-3-10-4-5-14(18-2)15(6-10)19-13-8-11(16)7-12(17)9-13/h7-10,14-15,18H,3-6H2,1-2H3. The molecule has 0 aliphatic heterocycles. The monoisotopic (exact) mass is 269 g/mol. The first-order chi connectivity index (χ1) is 9.12. The molecule has 1 N–H and O–H groups in total. The van der Waals surface area contributed by atoms with E-state index in [-0.39, 0.29) is 17.9 Å². The van der Waals surface area contributed by atoms with Crippen LogP contribution in [0.25, 0.3) is 0 Å². The Balaban J connectivity index is 2.09. The van der Waals surface area contributed by atoms with E-state index in [4.69, 9.17) is 4.74 Å². The fraction of sp³-hybridized carbons (Fsp3) is 0.600. The van der Waals surface area contributed by atoms with Crippen LogP contribution in [0.15, 0.2) is 18.2 Å². The molecule has 0 amide bonds. The van der Waals surface area contributed by atoms with Crippen molar-refractivity contribution < 1.29 is 13.5 Å². The minimum absolute atomic E-state index is 0.0232. The Labute approximate surface area is 113 Å². The summed E-state index contributed by atoms with van der Waals surface area (Å²) < 4.78 is 32.1. The molecule has 1 saturated carbocycles. The molecule has 106 valence electrons. The van der Waals surface area contributed by atoms with Crippen LogP contribution in [0.3, 0.4) is 0 Å². The smallest absolute Gasteiger partial charge is 0.129 e. The molecule has 0 bridgehead atoms. The van der Waals surface area contributed by atoms with Crippen LogP contribution in [-0.2, 0) is 0 Å². The quantitative estimate of drug-likeness (QED) is 0.903. The number of nitrogens with one attached hydrogen (secondary N) is 1. The van der Waals surface area contributed by atoms with Crippen molar-refractivity contribution in [2.45, 2.75) is 44.8 Å². The van der Waals surface area contributed by atoms with Crippen LogP contribution in [-0.4, -0.2) is 19.2 Å². The van der Waals surface area contributed by atoms with E-state index in [0.717, 1.165) is 25.3 Å². The molecule has 1 aliphatic carbocycles. The Morgan fingerprint density at radius 3 is 2.47 bits per heavy atom. The number of hydrogen-bond donors (Lipinski definition) is 1. The van der Waals surface area contributed by atoms with Gasteiger partial charge in [0.25, 0.3) is 0 Å². The molecule has 0 saturated heterocycles. The van der Waals surface area contributed by atoms with Crippen molar-refractivity contribution in [3.63, 3.8) is 0 Å². The van der Waals surface area contributed by atoms with Crippen molar-refractivity contribution in [3.05, 3.63) is 29.8 Å². The number of hydrogen-bond acceptors (Lipinski definition) is 2. The molecule has 3 unspecified atom stereocenters. The molecule has 0 heterocycles. The summed E-state index contributed by atoms with van der Waals surface area (Å²) >= 11 is 0. The van der Waals surface area contributed by atoms with E-state index in [9.17, 15) is 8.78 Å². The summed E-state index contributed by atoms with van der Waals surface area (Å²) in [5.41, 5.74) is 0. The molecule has 2 rings (SSSR count). The van der Waals surface area contributed by atoms with Crippen LogP contribution in [0.4, 0.5) is 8.78 Å². The summed E-state index contributed by atoms with van der Waals surface area (Å²) in [6, 6.07) is 3.59. The van der Waals surface area contributed by atoms with E-state index in [1.807, 2.05) is 7.05 Å². The highest BCUT2D eigenvalue weighted by Gasteiger charge is 2.30. The predicted octanol–water partition coefficient (Wildman–Crippen LogP) is 3.51. The second kappa shape index (κ2) is 6.33. The van der Waals surface area contributed by atoms with Gasteiger partial charge >= 0.3 is 0 Å². The molecule has 0 aromatic heterocycles. The highest BCUT2D eigenvalue weighted by Crippen LogP contribution is 2.30. The third-order valence-electron chi connectivity index (χ3n) is 3.97. The Kier molecular flexibility index (Phi) is 4.75. The maximum atomic E-state index is 13.2. The average molecular weight is 269 g/mol. The highest BCUT2D eigenvalue weighted by molar-refractivity contribution is 5.24. The van der Waals surface area contributed by atoms with Crippen molar-refractivity contribution in [1.82, 2.24) is 5.32 Å². The average Bonchev–Trinajstić information content (AvgIpc) is 2.37. The largest absolute Gasteiger partial charge is 0.489 e. The third kappa shape index (κ3) is 3.66. The molecule has 19 heavy (non-hydrogen) atoms. The number of halogens is 2. The van der Waals surface area contributed by atoms with E-state index in [2.05, 4.69) is 12.2 Å². The van der Waals surface area contributed by atoms with Gasteiger partial charge in [-0.2, -0.15) is 0 Å². The van der Waals surface area contributed by atoms with Crippen molar-refractivity contribution in [2.75, 3.05) is 7.05 Å². The topological polar surface area (TPSA) is 21.3 Å². The molecule has 0 radical (unpaired) electrons. The van der Waals surface area contributed by atoms with Gasteiger partial charge in [0.05, 0.1) is 0 Å². The fourth-order valence-electron chi connectivity index (χ4n) is 2.81. The van der Waals surface area contributed by atoms with Crippen molar-refractivity contribution >= 4 is 0 Å². The van der Waals surface area contributed by atoms with Gasteiger partial charge in [0.2, 0.25) is 0 Å². The second-order valence-corrected chi connectivity index (χ2v) is 5.24. The summed E-state index contributed by atoms with van der Waals surface area (Å²) in [5.74, 6) is -0.287. The summed E-state index contributed by atoms with van der Waals surface area (Å²) in [7, 11) is 1.90. The Hall–Kier alpha value is -1.16. The van der Waals surface area contributed by atoms with Gasteiger partial charge in [-0.1, -0.05) is 13.3 Å². The Morgan fingerprint density at radius 1 is 1.21 bits per heavy atom. The van der Waals surface area contributed by atoms with Crippen LogP contribution in [0.2, 0.25) is 0 Å². The Morgan fingerprint density at radius 2 is 1.89 bits per heavy atom. The first kappa shape index (κ1) is 14.3. The summed E-state index contributed by atoms with van der Waals surface area (Å²) in [6.45, 7) is 2.17. The number of likely N-dealkylation sites (N-methyl/N-ethyl adjacent to an activating group) is 1. The van der Waals surface area contributed by atoms with Crippen LogP contribution in [0.5, 0.6) is 5.75 Å². The normalized spacial score (nSPS) is 27.3. The zero-order chi connectivity index (χ0) is 13.8. The van der Waals surface area contributed by atoms with Crippen LogP contribution >= 0.6 is 0 Å². The molecule has 4 heteroatoms. The van der Waals surface area contributed by atoms with Crippen LogP contribution in [0.1, 0.15) is 32.6 Å². The van der Waals surface area contributed by atoms with Gasteiger partial charge in [0.15, 0.2) is 0 Å². The maximum absolute atomic E-state index is 13.2. The van der Waals surface area contributed by atoms with Gasteiger partial charge in [0.1, 0.15) is 23.5 Å². The highest BCUT2D eigenvalue weighted by atomic mass is 19.1. The lowest BCUT2D eigenvalue weighted by Crippen LogP contribution is -2.45. The summed E-state index contributed by atoms with van der Waals surface area (Å²) in [4.78, 5) is 0. The SMILES string of the molecule is CCC1CCC(NC)C(Oc2cc(F)cc(F)c2)C1. The van der Waals surface area contributed by atoms with E-state index in [1.165, 1.54) is 18.6 Å². The molecule has 1 aliphatic rings. The van der Waals surface area contributed by atoms with E-state index >= 15 is 0 Å². The third-order valence-corrected chi connectivity index (χ3v) is 3.97. The summed E-state index contributed by atoms with van der Waals surface area (Å²) in [6.07, 6.45) is 4.25. The van der Waals surface area contributed by atoms with Crippen molar-refractivity contribution in [2.24, 2.45) is 5.92 Å². The first-order valence-corrected chi connectivity index (χ1v) is 6.92. The predicted molar refractivity (Wildman–Crippen MR) is 71.3 cm³/mol. The molecule has 1 fully saturated rings. The van der Waals surface area contributed by atoms with Gasteiger partial charge in [-0.15, -0.1) is 0 Å². The van der Waals surface area contributed by atoms with Crippen LogP contribution in [0, 0.1) is 17.6 Å². The molecule has 3 atom stereocenters. The van der Waals surface area contributed by atoms with Gasteiger partial charge in [-0.05, 0) is 32.2 Å². The van der Waals surface area contributed by atoms with E-state index in [0.29, 0.717) is 5.92 Å². The second-order valence-electron chi connectivity index (χ2n) is 5.24. The van der Waals surface area contributed by atoms with Crippen LogP contribution < -0.4 is 10.1 Å². The Bertz CT molecular complexity index is 404. The maximum Gasteiger partial charge on any atom is 0.129 e. The zero-order valence-corrected chi connectivity index (χ0v) is 11.5. The fourth-order valence-corrected chi connectivity index (χ4v) is 2.81. The minimum atomic E-state index is -0.598. The van der Waals surface area contributed by atoms with Crippen molar-refractivity contribution in [1.29, 1.82) is 0 Å². The number of rotatable bonds is 4. The van der Waals surface area contributed by atoms with Gasteiger partial charge in [-0.3, -0.25) is 0 Å². The lowest BCUT2D eigenvalue weighted by molar-refractivity contribution is 0.0877. The lowest BCUT2D eigenvalue weighted by atomic mass is 9.82. The zero-order valence-electron chi connectivity index (χ0n) is 11.5.